The second-order valence-electron chi connectivity index (χ2n) is 8.55. The first-order valence-corrected chi connectivity index (χ1v) is 11.4. The molecule has 0 spiro atoms. The van der Waals surface area contributed by atoms with Crippen molar-refractivity contribution in [1.29, 1.82) is 0 Å². The molecular formula is C24H31N5O3. The van der Waals surface area contributed by atoms with E-state index >= 15 is 0 Å². The number of aryl methyl sites for hydroxylation is 1. The summed E-state index contributed by atoms with van der Waals surface area (Å²) in [7, 11) is 2.03. The summed E-state index contributed by atoms with van der Waals surface area (Å²) in [6.07, 6.45) is 5.41. The molecule has 1 N–H and O–H groups in total. The first kappa shape index (κ1) is 22.0. The maximum Gasteiger partial charge on any atom is 0.253 e. The number of fused-ring (bicyclic) bond motifs is 1. The SMILES string of the molecule is CCCc1cnc(NC(C)=O)nc1C1CCN(C(=O)c2ccc3c(c2)OCCN3C)CC1. The molecule has 4 rings (SSSR count). The first-order chi connectivity index (χ1) is 15.5. The summed E-state index contributed by atoms with van der Waals surface area (Å²) in [6, 6.07) is 5.72. The van der Waals surface area contributed by atoms with Crippen LogP contribution in [0, 0.1) is 0 Å². The molecule has 0 bridgehead atoms. The van der Waals surface area contributed by atoms with Gasteiger partial charge in [0.25, 0.3) is 5.91 Å². The molecule has 2 amide bonds. The third kappa shape index (κ3) is 4.69. The maximum atomic E-state index is 13.1. The van der Waals surface area contributed by atoms with Gasteiger partial charge in [0, 0.05) is 44.7 Å². The highest BCUT2D eigenvalue weighted by Gasteiger charge is 2.28. The van der Waals surface area contributed by atoms with Crippen LogP contribution in [0.5, 0.6) is 5.75 Å². The second kappa shape index (κ2) is 9.54. The van der Waals surface area contributed by atoms with Gasteiger partial charge in [0.05, 0.1) is 17.9 Å². The Morgan fingerprint density at radius 2 is 2.00 bits per heavy atom. The number of nitrogens with zero attached hydrogens (tertiary/aromatic N) is 4. The van der Waals surface area contributed by atoms with Crippen LogP contribution in [0.4, 0.5) is 11.6 Å². The van der Waals surface area contributed by atoms with Gasteiger partial charge in [0.2, 0.25) is 11.9 Å². The van der Waals surface area contributed by atoms with Gasteiger partial charge in [0.15, 0.2) is 0 Å². The van der Waals surface area contributed by atoms with Gasteiger partial charge in [-0.3, -0.25) is 14.9 Å². The van der Waals surface area contributed by atoms with Crippen molar-refractivity contribution in [1.82, 2.24) is 14.9 Å². The standard InChI is InChI=1S/C24H31N5O3/c1-4-5-19-15-25-24(26-16(2)30)27-22(19)17-8-10-29(11-9-17)23(31)18-6-7-20-21(14-18)32-13-12-28(20)3/h6-7,14-15,17H,4-5,8-13H2,1-3H3,(H,25,26,27,30). The van der Waals surface area contributed by atoms with Crippen LogP contribution in [0.15, 0.2) is 24.4 Å². The lowest BCUT2D eigenvalue weighted by Gasteiger charge is -2.33. The number of likely N-dealkylation sites (tertiary alicyclic amines) is 1. The molecule has 8 heteroatoms. The molecule has 2 aliphatic heterocycles. The van der Waals surface area contributed by atoms with Crippen LogP contribution in [0.3, 0.4) is 0 Å². The molecular weight excluding hydrogens is 406 g/mol. The van der Waals surface area contributed by atoms with Crippen LogP contribution in [0.2, 0.25) is 0 Å². The van der Waals surface area contributed by atoms with Crippen LogP contribution < -0.4 is 15.0 Å². The van der Waals surface area contributed by atoms with Crippen LogP contribution in [0.1, 0.15) is 60.6 Å². The van der Waals surface area contributed by atoms with Crippen molar-refractivity contribution in [2.24, 2.45) is 0 Å². The monoisotopic (exact) mass is 437 g/mol. The highest BCUT2D eigenvalue weighted by atomic mass is 16.5. The van der Waals surface area contributed by atoms with E-state index in [1.165, 1.54) is 6.92 Å². The fourth-order valence-corrected chi connectivity index (χ4v) is 4.48. The van der Waals surface area contributed by atoms with Crippen LogP contribution >= 0.6 is 0 Å². The predicted octanol–water partition coefficient (Wildman–Crippen LogP) is 3.24. The van der Waals surface area contributed by atoms with Gasteiger partial charge in [-0.2, -0.15) is 0 Å². The molecule has 1 aromatic carbocycles. The lowest BCUT2D eigenvalue weighted by Crippen LogP contribution is -2.38. The molecule has 0 atom stereocenters. The zero-order valence-electron chi connectivity index (χ0n) is 19.1. The molecule has 170 valence electrons. The molecule has 2 aromatic rings. The number of likely N-dealkylation sites (N-methyl/N-ethyl adjacent to an activating group) is 1. The largest absolute Gasteiger partial charge is 0.490 e. The highest BCUT2D eigenvalue weighted by Crippen LogP contribution is 2.34. The highest BCUT2D eigenvalue weighted by molar-refractivity contribution is 5.95. The first-order valence-electron chi connectivity index (χ1n) is 11.4. The Hall–Kier alpha value is -3.16. The van der Waals surface area contributed by atoms with Crippen LogP contribution in [0.25, 0.3) is 0 Å². The van der Waals surface area contributed by atoms with E-state index in [9.17, 15) is 9.59 Å². The van der Waals surface area contributed by atoms with E-state index in [0.29, 0.717) is 31.2 Å². The van der Waals surface area contributed by atoms with Gasteiger partial charge < -0.3 is 14.5 Å². The number of hydrogen-bond acceptors (Lipinski definition) is 6. The molecule has 3 heterocycles. The summed E-state index contributed by atoms with van der Waals surface area (Å²) in [4.78, 5) is 37.6. The van der Waals surface area contributed by atoms with Gasteiger partial charge in [-0.15, -0.1) is 0 Å². The minimum atomic E-state index is -0.181. The average Bonchev–Trinajstić information content (AvgIpc) is 2.79. The Kier molecular flexibility index (Phi) is 6.58. The quantitative estimate of drug-likeness (QED) is 0.773. The van der Waals surface area contributed by atoms with Gasteiger partial charge in [0.1, 0.15) is 12.4 Å². The van der Waals surface area contributed by atoms with E-state index in [0.717, 1.165) is 54.9 Å². The van der Waals surface area contributed by atoms with Gasteiger partial charge in [-0.1, -0.05) is 13.3 Å². The molecule has 0 saturated carbocycles. The van der Waals surface area contributed by atoms with E-state index in [-0.39, 0.29) is 17.7 Å². The minimum Gasteiger partial charge on any atom is -0.490 e. The van der Waals surface area contributed by atoms with Crippen molar-refractivity contribution >= 4 is 23.5 Å². The molecule has 0 aliphatic carbocycles. The van der Waals surface area contributed by atoms with E-state index < -0.39 is 0 Å². The molecule has 2 aliphatic rings. The topological polar surface area (TPSA) is 87.7 Å². The smallest absolute Gasteiger partial charge is 0.253 e. The van der Waals surface area contributed by atoms with E-state index in [1.54, 1.807) is 0 Å². The van der Waals surface area contributed by atoms with Crippen LogP contribution in [-0.2, 0) is 11.2 Å². The summed E-state index contributed by atoms with van der Waals surface area (Å²) in [5.74, 6) is 1.23. The third-order valence-electron chi connectivity index (χ3n) is 6.18. The number of hydrogen-bond donors (Lipinski definition) is 1. The van der Waals surface area contributed by atoms with Crippen molar-refractivity contribution in [2.75, 3.05) is 43.5 Å². The van der Waals surface area contributed by atoms with E-state index in [4.69, 9.17) is 4.74 Å². The lowest BCUT2D eigenvalue weighted by molar-refractivity contribution is -0.114. The zero-order valence-corrected chi connectivity index (χ0v) is 19.1. The Balaban J connectivity index is 1.46. The Morgan fingerprint density at radius 3 is 2.72 bits per heavy atom. The number of benzene rings is 1. The summed E-state index contributed by atoms with van der Waals surface area (Å²) in [5.41, 5.74) is 3.82. The van der Waals surface area contributed by atoms with E-state index in [1.807, 2.05) is 36.3 Å². The number of amides is 2. The summed E-state index contributed by atoms with van der Waals surface area (Å²) in [6.45, 7) is 6.41. The molecule has 1 fully saturated rings. The number of carbonyl (C=O) groups excluding carboxylic acids is 2. The number of nitrogens with one attached hydrogen (secondary N) is 1. The number of anilines is 2. The molecule has 0 unspecified atom stereocenters. The van der Waals surface area contributed by atoms with Crippen molar-refractivity contribution in [2.45, 2.75) is 45.4 Å². The van der Waals surface area contributed by atoms with Crippen LogP contribution in [-0.4, -0.2) is 60.0 Å². The van der Waals surface area contributed by atoms with Gasteiger partial charge >= 0.3 is 0 Å². The third-order valence-corrected chi connectivity index (χ3v) is 6.18. The molecule has 32 heavy (non-hydrogen) atoms. The fourth-order valence-electron chi connectivity index (χ4n) is 4.48. The van der Waals surface area contributed by atoms with Gasteiger partial charge in [-0.25, -0.2) is 9.97 Å². The van der Waals surface area contributed by atoms with Crippen molar-refractivity contribution < 1.29 is 14.3 Å². The summed E-state index contributed by atoms with van der Waals surface area (Å²) >= 11 is 0. The number of carbonyl (C=O) groups is 2. The number of ether oxygens (including phenoxy) is 1. The zero-order chi connectivity index (χ0) is 22.7. The van der Waals surface area contributed by atoms with Crippen molar-refractivity contribution in [3.05, 3.63) is 41.2 Å². The molecule has 1 saturated heterocycles. The van der Waals surface area contributed by atoms with E-state index in [2.05, 4.69) is 27.1 Å². The summed E-state index contributed by atoms with van der Waals surface area (Å²) < 4.78 is 5.77. The Labute approximate surface area is 189 Å². The molecule has 1 aromatic heterocycles. The van der Waals surface area contributed by atoms with Gasteiger partial charge in [-0.05, 0) is 43.0 Å². The Bertz CT molecular complexity index is 1000. The molecule has 8 nitrogen and oxygen atoms in total. The number of piperidine rings is 1. The maximum absolute atomic E-state index is 13.1. The Morgan fingerprint density at radius 1 is 1.22 bits per heavy atom. The number of rotatable bonds is 5. The fraction of sp³-hybridized carbons (Fsp3) is 0.500. The second-order valence-corrected chi connectivity index (χ2v) is 8.55. The summed E-state index contributed by atoms with van der Waals surface area (Å²) in [5, 5.41) is 2.69. The van der Waals surface area contributed by atoms with Crippen molar-refractivity contribution in [3.63, 3.8) is 0 Å². The van der Waals surface area contributed by atoms with Crippen molar-refractivity contribution in [3.8, 4) is 5.75 Å². The molecule has 0 radical (unpaired) electrons. The normalized spacial score (nSPS) is 16.3. The predicted molar refractivity (Wildman–Crippen MR) is 123 cm³/mol. The minimum absolute atomic E-state index is 0.0403. The lowest BCUT2D eigenvalue weighted by atomic mass is 9.89. The average molecular weight is 438 g/mol. The number of aromatic nitrogens is 2.